The van der Waals surface area contributed by atoms with E-state index in [0.717, 1.165) is 0 Å². The molecule has 17 heavy (non-hydrogen) atoms. The Labute approximate surface area is 105 Å². The number of anilines is 1. The Morgan fingerprint density at radius 2 is 2.06 bits per heavy atom. The molecule has 0 spiro atoms. The highest BCUT2D eigenvalue weighted by molar-refractivity contribution is 9.10. The van der Waals surface area contributed by atoms with E-state index in [1.165, 1.54) is 17.1 Å². The lowest BCUT2D eigenvalue weighted by Gasteiger charge is -2.08. The first-order valence-electron chi connectivity index (χ1n) is 4.46. The van der Waals surface area contributed by atoms with Crippen LogP contribution in [0.1, 0.15) is 11.4 Å². The molecule has 82 valence electrons. The highest BCUT2D eigenvalue weighted by Crippen LogP contribution is 2.27. The summed E-state index contributed by atoms with van der Waals surface area (Å²) in [4.78, 5) is 7.75. The molecule has 0 saturated carbocycles. The molecule has 0 fully saturated rings. The average Bonchev–Trinajstić information content (AvgIpc) is 2.71. The van der Waals surface area contributed by atoms with Crippen molar-refractivity contribution in [3.63, 3.8) is 0 Å². The monoisotopic (exact) mass is 288 g/mol. The van der Waals surface area contributed by atoms with Gasteiger partial charge in [-0.05, 0) is 15.9 Å². The van der Waals surface area contributed by atoms with Gasteiger partial charge >= 0.3 is 0 Å². The van der Waals surface area contributed by atoms with E-state index in [2.05, 4.69) is 25.9 Å². The minimum absolute atomic E-state index is 0.0654. The van der Waals surface area contributed by atoms with E-state index in [9.17, 15) is 0 Å². The standard InChI is InChI=1S/C10H5BrN6/c11-6-3-15-4-7(14)10(6)17-5-16-8(1-12)9(17)2-13/h3-5H,14H2. The summed E-state index contributed by atoms with van der Waals surface area (Å²) in [6, 6.07) is 3.78. The van der Waals surface area contributed by atoms with Gasteiger partial charge in [-0.1, -0.05) is 0 Å². The average molecular weight is 289 g/mol. The van der Waals surface area contributed by atoms with Crippen molar-refractivity contribution in [1.82, 2.24) is 14.5 Å². The van der Waals surface area contributed by atoms with E-state index >= 15 is 0 Å². The third-order valence-corrected chi connectivity index (χ3v) is 2.70. The third kappa shape index (κ3) is 1.73. The van der Waals surface area contributed by atoms with Crippen molar-refractivity contribution in [2.24, 2.45) is 0 Å². The largest absolute Gasteiger partial charge is 0.396 e. The second kappa shape index (κ2) is 4.24. The van der Waals surface area contributed by atoms with Crippen LogP contribution < -0.4 is 5.73 Å². The Morgan fingerprint density at radius 1 is 1.29 bits per heavy atom. The van der Waals surface area contributed by atoms with Crippen LogP contribution in [0, 0.1) is 22.7 Å². The minimum Gasteiger partial charge on any atom is -0.396 e. The van der Waals surface area contributed by atoms with Crippen molar-refractivity contribution in [1.29, 1.82) is 10.5 Å². The number of pyridine rings is 1. The molecule has 0 saturated heterocycles. The zero-order valence-electron chi connectivity index (χ0n) is 8.42. The predicted octanol–water partition coefficient (Wildman–Crippen LogP) is 1.36. The van der Waals surface area contributed by atoms with Crippen molar-refractivity contribution in [2.45, 2.75) is 0 Å². The number of nitrogens with zero attached hydrogens (tertiary/aromatic N) is 5. The Balaban J connectivity index is 2.75. The summed E-state index contributed by atoms with van der Waals surface area (Å²) >= 11 is 3.29. The Hall–Kier alpha value is -2.38. The molecule has 6 nitrogen and oxygen atoms in total. The number of nitrogen functional groups attached to an aromatic ring is 1. The van der Waals surface area contributed by atoms with Crippen LogP contribution in [0.15, 0.2) is 23.2 Å². The molecule has 0 aromatic carbocycles. The van der Waals surface area contributed by atoms with Crippen molar-refractivity contribution >= 4 is 21.6 Å². The SMILES string of the molecule is N#Cc1ncn(-c2c(N)cncc2Br)c1C#N. The Morgan fingerprint density at radius 3 is 2.65 bits per heavy atom. The molecule has 0 radical (unpaired) electrons. The molecule has 7 heteroatoms. The zero-order valence-corrected chi connectivity index (χ0v) is 10.0. The van der Waals surface area contributed by atoms with Crippen LogP contribution in [0.5, 0.6) is 0 Å². The van der Waals surface area contributed by atoms with E-state index in [1.54, 1.807) is 6.20 Å². The molecule has 2 rings (SSSR count). The van der Waals surface area contributed by atoms with Crippen LogP contribution in [-0.4, -0.2) is 14.5 Å². The molecule has 0 aliphatic carbocycles. The van der Waals surface area contributed by atoms with Crippen molar-refractivity contribution in [3.8, 4) is 17.8 Å². The van der Waals surface area contributed by atoms with Gasteiger partial charge in [0.25, 0.3) is 0 Å². The summed E-state index contributed by atoms with van der Waals surface area (Å²) in [5, 5.41) is 17.8. The van der Waals surface area contributed by atoms with Crippen LogP contribution in [0.25, 0.3) is 5.69 Å². The fourth-order valence-corrected chi connectivity index (χ4v) is 1.94. The van der Waals surface area contributed by atoms with Gasteiger partial charge in [0.1, 0.15) is 18.5 Å². The Kier molecular flexibility index (Phi) is 2.77. The quantitative estimate of drug-likeness (QED) is 0.853. The summed E-state index contributed by atoms with van der Waals surface area (Å²) < 4.78 is 2.08. The van der Waals surface area contributed by atoms with Gasteiger partial charge in [-0.3, -0.25) is 9.55 Å². The number of aromatic nitrogens is 3. The molecule has 0 aliphatic rings. The molecular formula is C10H5BrN6. The van der Waals surface area contributed by atoms with Crippen LogP contribution >= 0.6 is 15.9 Å². The van der Waals surface area contributed by atoms with Crippen LogP contribution in [0.2, 0.25) is 0 Å². The molecular weight excluding hydrogens is 284 g/mol. The fourth-order valence-electron chi connectivity index (χ4n) is 1.40. The number of nitrogens with two attached hydrogens (primary N) is 1. The number of halogens is 1. The van der Waals surface area contributed by atoms with Crippen molar-refractivity contribution in [2.75, 3.05) is 5.73 Å². The van der Waals surface area contributed by atoms with Crippen LogP contribution in [0.4, 0.5) is 5.69 Å². The van der Waals surface area contributed by atoms with Gasteiger partial charge in [-0.2, -0.15) is 10.5 Å². The summed E-state index contributed by atoms with van der Waals surface area (Å²) in [5.74, 6) is 0. The van der Waals surface area contributed by atoms with Gasteiger partial charge in [0.2, 0.25) is 0 Å². The second-order valence-electron chi connectivity index (χ2n) is 3.09. The molecule has 0 unspecified atom stereocenters. The van der Waals surface area contributed by atoms with E-state index < -0.39 is 0 Å². The van der Waals surface area contributed by atoms with Crippen molar-refractivity contribution in [3.05, 3.63) is 34.6 Å². The number of hydrogen-bond acceptors (Lipinski definition) is 5. The van der Waals surface area contributed by atoms with Gasteiger partial charge in [0.05, 0.1) is 22.0 Å². The highest BCUT2D eigenvalue weighted by Gasteiger charge is 2.15. The maximum absolute atomic E-state index is 9.03. The predicted molar refractivity (Wildman–Crippen MR) is 62.9 cm³/mol. The molecule has 2 N–H and O–H groups in total. The first-order chi connectivity index (χ1) is 8.19. The molecule has 0 amide bonds. The first-order valence-corrected chi connectivity index (χ1v) is 5.25. The third-order valence-electron chi connectivity index (χ3n) is 2.12. The topological polar surface area (TPSA) is 104 Å². The van der Waals surface area contributed by atoms with Gasteiger partial charge in [-0.25, -0.2) is 4.98 Å². The molecule has 2 heterocycles. The van der Waals surface area contributed by atoms with E-state index in [4.69, 9.17) is 16.3 Å². The maximum atomic E-state index is 9.03. The van der Waals surface area contributed by atoms with E-state index in [1.807, 2.05) is 12.1 Å². The summed E-state index contributed by atoms with van der Waals surface area (Å²) in [7, 11) is 0. The first kappa shape index (κ1) is 11.1. The Bertz CT molecular complexity index is 640. The fraction of sp³-hybridized carbons (Fsp3) is 0. The van der Waals surface area contributed by atoms with Gasteiger partial charge < -0.3 is 5.73 Å². The molecule has 0 atom stereocenters. The lowest BCUT2D eigenvalue weighted by atomic mass is 10.3. The zero-order chi connectivity index (χ0) is 12.4. The number of imidazole rings is 1. The molecule has 0 bridgehead atoms. The van der Waals surface area contributed by atoms with Crippen LogP contribution in [0.3, 0.4) is 0 Å². The lowest BCUT2D eigenvalue weighted by Crippen LogP contribution is -2.03. The minimum atomic E-state index is 0.0654. The van der Waals surface area contributed by atoms with E-state index in [0.29, 0.717) is 15.8 Å². The second-order valence-corrected chi connectivity index (χ2v) is 3.95. The summed E-state index contributed by atoms with van der Waals surface area (Å²) in [6.07, 6.45) is 4.40. The van der Waals surface area contributed by atoms with Gasteiger partial charge in [0.15, 0.2) is 11.4 Å². The molecule has 2 aromatic heterocycles. The lowest BCUT2D eigenvalue weighted by molar-refractivity contribution is 1.02. The summed E-state index contributed by atoms with van der Waals surface area (Å²) in [6.45, 7) is 0. The summed E-state index contributed by atoms with van der Waals surface area (Å²) in [5.41, 5.74) is 6.94. The highest BCUT2D eigenvalue weighted by atomic mass is 79.9. The van der Waals surface area contributed by atoms with Gasteiger partial charge in [-0.15, -0.1) is 0 Å². The molecule has 2 aromatic rings. The maximum Gasteiger partial charge on any atom is 0.177 e. The molecule has 0 aliphatic heterocycles. The van der Waals surface area contributed by atoms with E-state index in [-0.39, 0.29) is 11.4 Å². The van der Waals surface area contributed by atoms with Crippen molar-refractivity contribution < 1.29 is 0 Å². The smallest absolute Gasteiger partial charge is 0.177 e. The van der Waals surface area contributed by atoms with Crippen LogP contribution in [-0.2, 0) is 0 Å². The number of hydrogen-bond donors (Lipinski definition) is 1. The normalized spacial score (nSPS) is 9.59. The number of nitriles is 2. The number of rotatable bonds is 1. The van der Waals surface area contributed by atoms with Gasteiger partial charge in [0, 0.05) is 6.20 Å².